The van der Waals surface area contributed by atoms with Gasteiger partial charge in [0.1, 0.15) is 5.78 Å². The Morgan fingerprint density at radius 1 is 1.67 bits per heavy atom. The van der Waals surface area contributed by atoms with Gasteiger partial charge in [-0.1, -0.05) is 13.3 Å². The number of carbonyl (C=O) groups is 1. The van der Waals surface area contributed by atoms with Gasteiger partial charge in [-0.15, -0.1) is 0 Å². The second-order valence-corrected chi connectivity index (χ2v) is 2.57. The molecule has 52 valence electrons. The molecular weight excluding hydrogens is 112 g/mol. The van der Waals surface area contributed by atoms with Crippen molar-refractivity contribution in [1.29, 1.82) is 0 Å². The molecule has 0 spiro atoms. The molecule has 0 amide bonds. The first kappa shape index (κ1) is 8.67. The van der Waals surface area contributed by atoms with Crippen LogP contribution in [0, 0.1) is 12.8 Å². The molecule has 0 heterocycles. The monoisotopic (exact) mass is 126 g/mol. The average Bonchev–Trinajstić information content (AvgIpc) is 1.63. The summed E-state index contributed by atoms with van der Waals surface area (Å²) in [5, 5.41) is 0. The van der Waals surface area contributed by atoms with Gasteiger partial charge >= 0.3 is 0 Å². The van der Waals surface area contributed by atoms with Crippen molar-refractivity contribution in [2.24, 2.45) is 5.92 Å². The lowest BCUT2D eigenvalue weighted by atomic mass is 10.1. The quantitative estimate of drug-likeness (QED) is 0.563. The summed E-state index contributed by atoms with van der Waals surface area (Å²) in [6.45, 7) is 9.04. The summed E-state index contributed by atoms with van der Waals surface area (Å²) >= 11 is 0. The van der Waals surface area contributed by atoms with Crippen molar-refractivity contribution in [1.82, 2.24) is 0 Å². The zero-order chi connectivity index (χ0) is 7.28. The molecule has 1 atom stereocenters. The maximum atomic E-state index is 10.4. The van der Waals surface area contributed by atoms with Gasteiger partial charge in [0.25, 0.3) is 0 Å². The van der Waals surface area contributed by atoms with E-state index in [-0.39, 0.29) is 11.7 Å². The van der Waals surface area contributed by atoms with Crippen molar-refractivity contribution in [3.8, 4) is 0 Å². The van der Waals surface area contributed by atoms with Gasteiger partial charge in [0.15, 0.2) is 0 Å². The lowest BCUT2D eigenvalue weighted by Crippen LogP contribution is -1.92. The molecular formula is C8H14O. The van der Waals surface area contributed by atoms with Gasteiger partial charge in [0, 0.05) is 6.42 Å². The summed E-state index contributed by atoms with van der Waals surface area (Å²) in [5.74, 6) is 0.500. The fourth-order valence-electron chi connectivity index (χ4n) is 0.673. The van der Waals surface area contributed by atoms with Crippen LogP contribution in [0.2, 0.25) is 0 Å². The standard InChI is InChI=1S/C8H14O/c1-7(2)5-4-6-8(3)9/h1,7H,4-6H2,2-3H3. The Hall–Kier alpha value is -0.330. The Labute approximate surface area is 57.5 Å². The molecule has 1 unspecified atom stereocenters. The topological polar surface area (TPSA) is 17.1 Å². The summed E-state index contributed by atoms with van der Waals surface area (Å²) in [5.41, 5.74) is 0. The normalized spacial score (nSPS) is 10.2. The Kier molecular flexibility index (Phi) is 4.37. The highest BCUT2D eigenvalue weighted by atomic mass is 16.1. The third-order valence-corrected chi connectivity index (χ3v) is 1.19. The van der Waals surface area contributed by atoms with E-state index in [4.69, 9.17) is 6.92 Å². The van der Waals surface area contributed by atoms with Crippen LogP contribution in [0.1, 0.15) is 33.1 Å². The molecule has 9 heavy (non-hydrogen) atoms. The lowest BCUT2D eigenvalue weighted by molar-refractivity contribution is -0.117. The van der Waals surface area contributed by atoms with Crippen molar-refractivity contribution in [3.05, 3.63) is 6.92 Å². The van der Waals surface area contributed by atoms with Crippen LogP contribution in [0.25, 0.3) is 0 Å². The highest BCUT2D eigenvalue weighted by Crippen LogP contribution is 2.05. The van der Waals surface area contributed by atoms with Crippen LogP contribution in [-0.2, 0) is 4.79 Å². The minimum atomic E-state index is 0.240. The average molecular weight is 126 g/mol. The van der Waals surface area contributed by atoms with E-state index >= 15 is 0 Å². The van der Waals surface area contributed by atoms with Crippen molar-refractivity contribution in [2.45, 2.75) is 33.1 Å². The number of rotatable bonds is 4. The van der Waals surface area contributed by atoms with Crippen molar-refractivity contribution in [2.75, 3.05) is 0 Å². The summed E-state index contributed by atoms with van der Waals surface area (Å²) in [7, 11) is 0. The number of Topliss-reactive ketones (excluding diaryl/α,β-unsaturated/α-hetero) is 1. The van der Waals surface area contributed by atoms with Crippen LogP contribution in [0.5, 0.6) is 0 Å². The summed E-state index contributed by atoms with van der Waals surface area (Å²) in [6.07, 6.45) is 2.58. The van der Waals surface area contributed by atoms with Crippen molar-refractivity contribution in [3.63, 3.8) is 0 Å². The minimum Gasteiger partial charge on any atom is -0.300 e. The van der Waals surface area contributed by atoms with Crippen LogP contribution in [0.3, 0.4) is 0 Å². The third-order valence-electron chi connectivity index (χ3n) is 1.19. The maximum absolute atomic E-state index is 10.4. The van der Waals surface area contributed by atoms with Crippen LogP contribution >= 0.6 is 0 Å². The van der Waals surface area contributed by atoms with Gasteiger partial charge in [-0.05, 0) is 26.2 Å². The van der Waals surface area contributed by atoms with E-state index in [2.05, 4.69) is 0 Å². The van der Waals surface area contributed by atoms with E-state index in [0.717, 1.165) is 12.8 Å². The van der Waals surface area contributed by atoms with Gasteiger partial charge in [-0.2, -0.15) is 0 Å². The van der Waals surface area contributed by atoms with E-state index in [9.17, 15) is 4.79 Å². The summed E-state index contributed by atoms with van der Waals surface area (Å²) in [4.78, 5) is 10.4. The summed E-state index contributed by atoms with van der Waals surface area (Å²) < 4.78 is 0. The lowest BCUT2D eigenvalue weighted by Gasteiger charge is -2.00. The molecule has 0 aromatic heterocycles. The molecule has 1 heteroatoms. The molecule has 0 aromatic carbocycles. The molecule has 0 aromatic rings. The van der Waals surface area contributed by atoms with E-state index in [1.807, 2.05) is 6.92 Å². The Morgan fingerprint density at radius 3 is 2.56 bits per heavy atom. The molecule has 0 bridgehead atoms. The van der Waals surface area contributed by atoms with E-state index in [0.29, 0.717) is 6.42 Å². The predicted octanol–water partition coefficient (Wildman–Crippen LogP) is 2.09. The Bertz CT molecular complexity index is 84.6. The van der Waals surface area contributed by atoms with Crippen LogP contribution in [0.15, 0.2) is 0 Å². The van der Waals surface area contributed by atoms with Gasteiger partial charge in [0.2, 0.25) is 0 Å². The first-order chi connectivity index (χ1) is 4.13. The zero-order valence-corrected chi connectivity index (χ0v) is 6.18. The largest absolute Gasteiger partial charge is 0.300 e. The van der Waals surface area contributed by atoms with E-state index in [1.165, 1.54) is 0 Å². The Morgan fingerprint density at radius 2 is 2.22 bits per heavy atom. The second-order valence-electron chi connectivity index (χ2n) is 2.57. The zero-order valence-electron chi connectivity index (χ0n) is 6.18. The van der Waals surface area contributed by atoms with E-state index < -0.39 is 0 Å². The van der Waals surface area contributed by atoms with E-state index in [1.54, 1.807) is 6.92 Å². The third kappa shape index (κ3) is 7.67. The minimum absolute atomic E-state index is 0.240. The fourth-order valence-corrected chi connectivity index (χ4v) is 0.673. The van der Waals surface area contributed by atoms with Gasteiger partial charge in [-0.3, -0.25) is 0 Å². The molecule has 1 nitrogen and oxygen atoms in total. The van der Waals surface area contributed by atoms with Crippen LogP contribution in [-0.4, -0.2) is 5.78 Å². The first-order valence-corrected chi connectivity index (χ1v) is 3.38. The fraction of sp³-hybridized carbons (Fsp3) is 0.750. The molecule has 2 radical (unpaired) electrons. The van der Waals surface area contributed by atoms with Crippen LogP contribution < -0.4 is 0 Å². The smallest absolute Gasteiger partial charge is 0.129 e. The van der Waals surface area contributed by atoms with Gasteiger partial charge in [0.05, 0.1) is 0 Å². The maximum Gasteiger partial charge on any atom is 0.129 e. The molecule has 0 fully saturated rings. The number of ketones is 1. The van der Waals surface area contributed by atoms with Crippen molar-refractivity contribution >= 4 is 5.78 Å². The van der Waals surface area contributed by atoms with Crippen LogP contribution in [0.4, 0.5) is 0 Å². The second kappa shape index (κ2) is 4.54. The molecule has 0 aliphatic heterocycles. The molecule has 0 rings (SSSR count). The summed E-state index contributed by atoms with van der Waals surface area (Å²) in [6, 6.07) is 0. The van der Waals surface area contributed by atoms with Gasteiger partial charge < -0.3 is 4.79 Å². The predicted molar refractivity (Wildman–Crippen MR) is 38.0 cm³/mol. The number of carbonyl (C=O) groups excluding carboxylic acids is 1. The highest BCUT2D eigenvalue weighted by molar-refractivity contribution is 5.75. The molecule has 0 saturated carbocycles. The molecule has 0 aliphatic rings. The van der Waals surface area contributed by atoms with Gasteiger partial charge in [-0.25, -0.2) is 0 Å². The molecule has 0 N–H and O–H groups in total. The SMILES string of the molecule is [CH]C(C)CCCC(C)=O. The molecule has 0 aliphatic carbocycles. The highest BCUT2D eigenvalue weighted by Gasteiger charge is 1.95. The number of hydrogen-bond acceptors (Lipinski definition) is 1. The first-order valence-electron chi connectivity index (χ1n) is 3.38. The Balaban J connectivity index is 3.01. The molecule has 0 saturated heterocycles. The van der Waals surface area contributed by atoms with Crippen molar-refractivity contribution < 1.29 is 4.79 Å². The number of hydrogen-bond donors (Lipinski definition) is 0.